The molecule has 4 aliphatic rings. The summed E-state index contributed by atoms with van der Waals surface area (Å²) in [5, 5.41) is 0. The first-order valence-electron chi connectivity index (χ1n) is 14.8. The molecule has 8 nitrogen and oxygen atoms in total. The van der Waals surface area contributed by atoms with Crippen LogP contribution in [-0.2, 0) is 49.3 Å². The van der Waals surface area contributed by atoms with E-state index in [4.69, 9.17) is 0 Å². The summed E-state index contributed by atoms with van der Waals surface area (Å²) >= 11 is 0. The minimum atomic E-state index is -4.43. The molecule has 0 aliphatic heterocycles. The first kappa shape index (κ1) is 35.6. The van der Waals surface area contributed by atoms with Gasteiger partial charge in [-0.2, -0.15) is 0 Å². The Kier molecular flexibility index (Phi) is 9.04. The van der Waals surface area contributed by atoms with Gasteiger partial charge >= 0.3 is 19.5 Å². The van der Waals surface area contributed by atoms with Gasteiger partial charge in [0.2, 0.25) is 0 Å². The Balaban J connectivity index is 0.000000200. The Morgan fingerprint density at radius 1 is 0.600 bits per heavy atom. The van der Waals surface area contributed by atoms with Crippen molar-refractivity contribution in [3.05, 3.63) is 70.8 Å². The Hall–Kier alpha value is -2.30. The fourth-order valence-electron chi connectivity index (χ4n) is 8.01. The van der Waals surface area contributed by atoms with E-state index in [0.29, 0.717) is 0 Å². The van der Waals surface area contributed by atoms with Crippen LogP contribution in [0.4, 0.5) is 0 Å². The zero-order valence-corrected chi connectivity index (χ0v) is 31.1. The molecule has 0 spiro atoms. The summed E-state index contributed by atoms with van der Waals surface area (Å²) in [6, 6.07) is 11.5. The quantitative estimate of drug-likeness (QED) is 0.214. The monoisotopic (exact) mass is 702 g/mol. The van der Waals surface area contributed by atoms with Gasteiger partial charge in [-0.05, 0) is 107 Å². The van der Waals surface area contributed by atoms with Crippen molar-refractivity contribution in [1.29, 1.82) is 0 Å². The maximum Gasteiger partial charge on any atom is 2.00 e. The Morgan fingerprint density at radius 3 is 1.11 bits per heavy atom. The van der Waals surface area contributed by atoms with Gasteiger partial charge in [0.15, 0.2) is 11.6 Å². The summed E-state index contributed by atoms with van der Waals surface area (Å²) in [4.78, 5) is 24.9. The van der Waals surface area contributed by atoms with E-state index >= 15 is 0 Å². The predicted molar refractivity (Wildman–Crippen MR) is 164 cm³/mol. The molecule has 0 saturated heterocycles. The van der Waals surface area contributed by atoms with Gasteiger partial charge in [0.1, 0.15) is 20.2 Å². The third kappa shape index (κ3) is 5.67. The van der Waals surface area contributed by atoms with Crippen LogP contribution in [0.3, 0.4) is 0 Å². The smallest absolute Gasteiger partial charge is 0.744 e. The van der Waals surface area contributed by atoms with Gasteiger partial charge in [0.05, 0.1) is 9.79 Å². The Morgan fingerprint density at radius 2 is 0.889 bits per heavy atom. The maximum absolute atomic E-state index is 12.7. The first-order valence-corrected chi connectivity index (χ1v) is 17.6. The van der Waals surface area contributed by atoms with E-state index in [2.05, 4.69) is 27.7 Å². The number of Topliss-reactive ketones (excluding diaryl/α,β-unsaturated/α-hetero) is 2. The zero-order chi connectivity index (χ0) is 32.7. The number of fused-ring (bicyclic) bond motifs is 4. The zero-order valence-electron chi connectivity index (χ0n) is 26.5. The van der Waals surface area contributed by atoms with E-state index in [9.17, 15) is 35.5 Å². The minimum absolute atomic E-state index is 0. The molecule has 11 heteroatoms. The van der Waals surface area contributed by atoms with Gasteiger partial charge in [-0.1, -0.05) is 65.8 Å². The summed E-state index contributed by atoms with van der Waals surface area (Å²) < 4.78 is 65.7. The second-order valence-electron chi connectivity index (χ2n) is 14.2. The number of hydrogen-bond acceptors (Lipinski definition) is 8. The van der Waals surface area contributed by atoms with Gasteiger partial charge in [-0.3, -0.25) is 9.59 Å². The van der Waals surface area contributed by atoms with E-state index in [0.717, 1.165) is 48.0 Å². The molecule has 6 rings (SSSR count). The van der Waals surface area contributed by atoms with E-state index in [1.54, 1.807) is 24.3 Å². The second-order valence-corrected chi connectivity index (χ2v) is 17.0. The van der Waals surface area contributed by atoms with E-state index in [1.807, 2.05) is 26.0 Å². The van der Waals surface area contributed by atoms with Crippen molar-refractivity contribution in [2.24, 2.45) is 33.5 Å². The minimum Gasteiger partial charge on any atom is -0.744 e. The van der Waals surface area contributed by atoms with Gasteiger partial charge in [0.25, 0.3) is 0 Å². The van der Waals surface area contributed by atoms with Crippen molar-refractivity contribution >= 4 is 44.0 Å². The maximum atomic E-state index is 12.7. The van der Waals surface area contributed by atoms with Crippen LogP contribution in [0.25, 0.3) is 12.2 Å². The average molecular weight is 704 g/mol. The van der Waals surface area contributed by atoms with Crippen LogP contribution in [0.15, 0.2) is 69.5 Å². The molecule has 0 radical (unpaired) electrons. The molecule has 4 aliphatic carbocycles. The molecule has 45 heavy (non-hydrogen) atoms. The molecule has 4 bridgehead atoms. The van der Waals surface area contributed by atoms with Gasteiger partial charge in [-0.15, -0.1) is 0 Å². The molecule has 4 saturated carbocycles. The van der Waals surface area contributed by atoms with Crippen molar-refractivity contribution in [1.82, 2.24) is 0 Å². The SMILES string of the molecule is CC12CCC(C(=Cc3ccc(S(=O)(=O)[O-])cc3)C1=O)C2(C)C.CC12CCC(C(=Cc3ccc(S(=O)(=O)[O-])cc3)C1=O)C2(C)C.[Zn+2]. The summed E-state index contributed by atoms with van der Waals surface area (Å²) in [6.07, 6.45) is 7.56. The van der Waals surface area contributed by atoms with Crippen LogP contribution in [-0.4, -0.2) is 37.5 Å². The molecule has 0 aromatic heterocycles. The van der Waals surface area contributed by atoms with Crippen molar-refractivity contribution in [2.45, 2.75) is 77.0 Å². The van der Waals surface area contributed by atoms with Crippen molar-refractivity contribution in [3.63, 3.8) is 0 Å². The third-order valence-electron chi connectivity index (χ3n) is 11.7. The summed E-state index contributed by atoms with van der Waals surface area (Å²) in [5.41, 5.74) is 2.46. The average Bonchev–Trinajstić information content (AvgIpc) is 3.41. The van der Waals surface area contributed by atoms with Crippen molar-refractivity contribution in [3.8, 4) is 0 Å². The molecule has 2 aromatic carbocycles. The topological polar surface area (TPSA) is 149 Å². The molecule has 236 valence electrons. The molecule has 0 amide bonds. The first-order chi connectivity index (χ1) is 20.1. The second kappa shape index (κ2) is 11.4. The van der Waals surface area contributed by atoms with Crippen LogP contribution in [0.2, 0.25) is 0 Å². The summed E-state index contributed by atoms with van der Waals surface area (Å²) in [7, 11) is -8.86. The number of carbonyl (C=O) groups excluding carboxylic acids is 2. The molecule has 4 atom stereocenters. The molecule has 0 N–H and O–H groups in total. The summed E-state index contributed by atoms with van der Waals surface area (Å²) in [6.45, 7) is 12.7. The molecule has 0 heterocycles. The number of rotatable bonds is 4. The van der Waals surface area contributed by atoms with E-state index in [-0.39, 0.29) is 74.3 Å². The number of carbonyl (C=O) groups is 2. The Labute approximate surface area is 279 Å². The van der Waals surface area contributed by atoms with Crippen LogP contribution in [0, 0.1) is 33.5 Å². The fourth-order valence-corrected chi connectivity index (χ4v) is 8.95. The fraction of sp³-hybridized carbons (Fsp3) is 0.471. The normalized spacial score (nSPS) is 31.2. The van der Waals surface area contributed by atoms with Crippen LogP contribution < -0.4 is 0 Å². The largest absolute Gasteiger partial charge is 2.00 e. The molecule has 4 unspecified atom stereocenters. The molecular weight excluding hydrogens is 666 g/mol. The van der Waals surface area contributed by atoms with Crippen molar-refractivity contribution in [2.75, 3.05) is 0 Å². The molecular formula is C34H38O8S2Zn. The van der Waals surface area contributed by atoms with Crippen LogP contribution >= 0.6 is 0 Å². The number of benzene rings is 2. The number of allylic oxidation sites excluding steroid dienone is 2. The van der Waals surface area contributed by atoms with Gasteiger partial charge in [-0.25, -0.2) is 16.8 Å². The third-order valence-corrected chi connectivity index (χ3v) is 13.4. The summed E-state index contributed by atoms with van der Waals surface area (Å²) in [5.74, 6) is 0.893. The molecule has 4 fully saturated rings. The van der Waals surface area contributed by atoms with Crippen LogP contribution in [0.5, 0.6) is 0 Å². The van der Waals surface area contributed by atoms with E-state index < -0.39 is 20.2 Å². The standard InChI is InChI=1S/2C17H20O4S.Zn/c2*1-16(2)14-8-9-17(16,3)15(18)13(14)10-11-4-6-12(7-5-11)22(19,20)21;/h2*4-7,10,14H,8-9H2,1-3H3,(H,19,20,21);/q;;+2/p-2. The van der Waals surface area contributed by atoms with Crippen molar-refractivity contribution < 1.29 is 55.0 Å². The Bertz CT molecular complexity index is 1690. The predicted octanol–water partition coefficient (Wildman–Crippen LogP) is 6.00. The van der Waals surface area contributed by atoms with E-state index in [1.165, 1.54) is 24.3 Å². The van der Waals surface area contributed by atoms with Gasteiger partial charge < -0.3 is 9.11 Å². The van der Waals surface area contributed by atoms with Crippen LogP contribution in [0.1, 0.15) is 78.4 Å². The number of hydrogen-bond donors (Lipinski definition) is 0. The number of ketones is 2. The molecule has 2 aromatic rings. The van der Waals surface area contributed by atoms with Gasteiger partial charge in [0, 0.05) is 10.8 Å².